The van der Waals surface area contributed by atoms with Crippen LogP contribution in [0.3, 0.4) is 0 Å². The lowest BCUT2D eigenvalue weighted by molar-refractivity contribution is -0.115. The van der Waals surface area contributed by atoms with Crippen LogP contribution in [0.2, 0.25) is 0 Å². The molecule has 0 saturated carbocycles. The summed E-state index contributed by atoms with van der Waals surface area (Å²) in [5.41, 5.74) is 1.03. The molecule has 1 aliphatic heterocycles. The summed E-state index contributed by atoms with van der Waals surface area (Å²) in [6.07, 6.45) is 1.21. The van der Waals surface area contributed by atoms with E-state index in [0.29, 0.717) is 11.5 Å². The van der Waals surface area contributed by atoms with Crippen molar-refractivity contribution in [2.45, 2.75) is 11.3 Å². The summed E-state index contributed by atoms with van der Waals surface area (Å²) in [6.45, 7) is 0.173. The number of amides is 1. The van der Waals surface area contributed by atoms with Crippen molar-refractivity contribution in [2.24, 2.45) is 0 Å². The zero-order chi connectivity index (χ0) is 16.4. The first-order valence-electron chi connectivity index (χ1n) is 6.91. The molecule has 2 aromatic rings. The maximum atomic E-state index is 12.2. The van der Waals surface area contributed by atoms with Crippen molar-refractivity contribution in [3.05, 3.63) is 48.0 Å². The highest BCUT2D eigenvalue weighted by molar-refractivity contribution is 7.90. The van der Waals surface area contributed by atoms with Crippen LogP contribution in [-0.2, 0) is 21.1 Å². The maximum absolute atomic E-state index is 12.2. The standard InChI is InChI=1S/C16H15NO5S/c1-23(19,20)15-5-3-2-4-12(15)17-16(18)9-11-6-7-13-14(8-11)22-10-21-13/h2-8H,9-10H2,1H3,(H,17,18). The van der Waals surface area contributed by atoms with E-state index in [1.165, 1.54) is 6.07 Å². The van der Waals surface area contributed by atoms with Crippen molar-refractivity contribution >= 4 is 21.4 Å². The molecule has 0 spiro atoms. The van der Waals surface area contributed by atoms with E-state index >= 15 is 0 Å². The number of para-hydroxylation sites is 1. The van der Waals surface area contributed by atoms with Gasteiger partial charge in [0.25, 0.3) is 0 Å². The normalized spacial score (nSPS) is 12.9. The van der Waals surface area contributed by atoms with Crippen molar-refractivity contribution in [1.29, 1.82) is 0 Å². The first kappa shape index (κ1) is 15.4. The van der Waals surface area contributed by atoms with Gasteiger partial charge < -0.3 is 14.8 Å². The van der Waals surface area contributed by atoms with Crippen molar-refractivity contribution in [3.63, 3.8) is 0 Å². The van der Waals surface area contributed by atoms with E-state index in [-0.39, 0.29) is 29.7 Å². The fourth-order valence-corrected chi connectivity index (χ4v) is 3.17. The summed E-state index contributed by atoms with van der Waals surface area (Å²) in [6, 6.07) is 11.6. The third-order valence-corrected chi connectivity index (χ3v) is 4.52. The predicted octanol–water partition coefficient (Wildman–Crippen LogP) is 2.00. The highest BCUT2D eigenvalue weighted by Crippen LogP contribution is 2.32. The molecule has 1 aliphatic rings. The summed E-state index contributed by atoms with van der Waals surface area (Å²) >= 11 is 0. The van der Waals surface area contributed by atoms with Gasteiger partial charge in [-0.15, -0.1) is 0 Å². The van der Waals surface area contributed by atoms with Crippen LogP contribution < -0.4 is 14.8 Å². The van der Waals surface area contributed by atoms with Crippen molar-refractivity contribution in [1.82, 2.24) is 0 Å². The third-order valence-electron chi connectivity index (χ3n) is 3.36. The fourth-order valence-electron chi connectivity index (χ4n) is 2.32. The van der Waals surface area contributed by atoms with Gasteiger partial charge in [0.05, 0.1) is 17.0 Å². The van der Waals surface area contributed by atoms with E-state index in [2.05, 4.69) is 5.32 Å². The molecule has 6 nitrogen and oxygen atoms in total. The summed E-state index contributed by atoms with van der Waals surface area (Å²) < 4.78 is 34.0. The molecule has 0 fully saturated rings. The van der Waals surface area contributed by atoms with Crippen LogP contribution in [-0.4, -0.2) is 27.4 Å². The molecule has 0 aliphatic carbocycles. The van der Waals surface area contributed by atoms with Crippen LogP contribution in [0.4, 0.5) is 5.69 Å². The summed E-state index contributed by atoms with van der Waals surface area (Å²) in [7, 11) is -3.41. The lowest BCUT2D eigenvalue weighted by atomic mass is 10.1. The molecule has 0 unspecified atom stereocenters. The second-order valence-corrected chi connectivity index (χ2v) is 7.17. The Morgan fingerprint density at radius 3 is 2.65 bits per heavy atom. The number of anilines is 1. The van der Waals surface area contributed by atoms with E-state index in [1.807, 2.05) is 0 Å². The van der Waals surface area contributed by atoms with Crippen LogP contribution in [0, 0.1) is 0 Å². The lowest BCUT2D eigenvalue weighted by Gasteiger charge is -2.10. The minimum absolute atomic E-state index is 0.0963. The number of rotatable bonds is 4. The zero-order valence-corrected chi connectivity index (χ0v) is 13.2. The van der Waals surface area contributed by atoms with Gasteiger partial charge in [-0.3, -0.25) is 4.79 Å². The Bertz CT molecular complexity index is 861. The second-order valence-electron chi connectivity index (χ2n) is 5.18. The number of carbonyl (C=O) groups is 1. The van der Waals surface area contributed by atoms with E-state index < -0.39 is 9.84 Å². The number of nitrogens with one attached hydrogen (secondary N) is 1. The molecule has 0 radical (unpaired) electrons. The van der Waals surface area contributed by atoms with Crippen LogP contribution in [0.15, 0.2) is 47.4 Å². The Hall–Kier alpha value is -2.54. The van der Waals surface area contributed by atoms with Gasteiger partial charge >= 0.3 is 0 Å². The van der Waals surface area contributed by atoms with Gasteiger partial charge in [-0.25, -0.2) is 8.42 Å². The van der Waals surface area contributed by atoms with E-state index in [0.717, 1.165) is 11.8 Å². The van der Waals surface area contributed by atoms with E-state index in [4.69, 9.17) is 9.47 Å². The molecular weight excluding hydrogens is 318 g/mol. The van der Waals surface area contributed by atoms with Gasteiger partial charge in [-0.1, -0.05) is 18.2 Å². The quantitative estimate of drug-likeness (QED) is 0.925. The minimum Gasteiger partial charge on any atom is -0.454 e. The number of fused-ring (bicyclic) bond motifs is 1. The second kappa shape index (κ2) is 5.92. The van der Waals surface area contributed by atoms with Crippen LogP contribution in [0.25, 0.3) is 0 Å². The Balaban J connectivity index is 1.76. The van der Waals surface area contributed by atoms with Gasteiger partial charge in [-0.2, -0.15) is 0 Å². The fraction of sp³-hybridized carbons (Fsp3) is 0.188. The van der Waals surface area contributed by atoms with E-state index in [9.17, 15) is 13.2 Å². The molecule has 1 N–H and O–H groups in total. The molecule has 120 valence electrons. The average molecular weight is 333 g/mol. The Labute approximate surface area is 134 Å². The Morgan fingerprint density at radius 2 is 1.87 bits per heavy atom. The molecule has 1 amide bonds. The summed E-state index contributed by atoms with van der Waals surface area (Å²) in [5, 5.41) is 2.64. The van der Waals surface area contributed by atoms with Gasteiger partial charge in [0.1, 0.15) is 0 Å². The molecule has 7 heteroatoms. The van der Waals surface area contributed by atoms with Crippen LogP contribution in [0.5, 0.6) is 11.5 Å². The van der Waals surface area contributed by atoms with Crippen molar-refractivity contribution in [3.8, 4) is 11.5 Å². The number of ether oxygens (including phenoxy) is 2. The van der Waals surface area contributed by atoms with Crippen LogP contribution in [0.1, 0.15) is 5.56 Å². The monoisotopic (exact) mass is 333 g/mol. The zero-order valence-electron chi connectivity index (χ0n) is 12.4. The molecule has 3 rings (SSSR count). The topological polar surface area (TPSA) is 81.7 Å². The largest absolute Gasteiger partial charge is 0.454 e. The smallest absolute Gasteiger partial charge is 0.231 e. The molecule has 0 saturated heterocycles. The van der Waals surface area contributed by atoms with Gasteiger partial charge in [0.2, 0.25) is 12.7 Å². The molecule has 0 aromatic heterocycles. The number of hydrogen-bond acceptors (Lipinski definition) is 5. The highest BCUT2D eigenvalue weighted by atomic mass is 32.2. The van der Waals surface area contributed by atoms with Crippen LogP contribution >= 0.6 is 0 Å². The number of hydrogen-bond donors (Lipinski definition) is 1. The van der Waals surface area contributed by atoms with Gasteiger partial charge in [-0.05, 0) is 29.8 Å². The lowest BCUT2D eigenvalue weighted by Crippen LogP contribution is -2.16. The summed E-state index contributed by atoms with van der Waals surface area (Å²) in [4.78, 5) is 12.3. The molecule has 0 atom stereocenters. The minimum atomic E-state index is -3.41. The number of sulfone groups is 1. The first-order chi connectivity index (χ1) is 10.9. The van der Waals surface area contributed by atoms with E-state index in [1.54, 1.807) is 36.4 Å². The molecule has 2 aromatic carbocycles. The Kier molecular flexibility index (Phi) is 3.96. The molecule has 23 heavy (non-hydrogen) atoms. The summed E-state index contributed by atoms with van der Waals surface area (Å²) in [5.74, 6) is 0.948. The molecule has 1 heterocycles. The third kappa shape index (κ3) is 3.45. The van der Waals surface area contributed by atoms with Crippen molar-refractivity contribution in [2.75, 3.05) is 18.4 Å². The average Bonchev–Trinajstić information content (AvgIpc) is 2.94. The van der Waals surface area contributed by atoms with Gasteiger partial charge in [0.15, 0.2) is 21.3 Å². The number of benzene rings is 2. The van der Waals surface area contributed by atoms with Crippen molar-refractivity contribution < 1.29 is 22.7 Å². The maximum Gasteiger partial charge on any atom is 0.231 e. The molecular formula is C16H15NO5S. The molecule has 0 bridgehead atoms. The highest BCUT2D eigenvalue weighted by Gasteiger charge is 2.17. The SMILES string of the molecule is CS(=O)(=O)c1ccccc1NC(=O)Cc1ccc2c(c1)OCO2. The number of carbonyl (C=O) groups excluding carboxylic acids is 1. The van der Waals surface area contributed by atoms with Gasteiger partial charge in [0, 0.05) is 6.26 Å². The predicted molar refractivity (Wildman–Crippen MR) is 84.5 cm³/mol. The first-order valence-corrected chi connectivity index (χ1v) is 8.80. The Morgan fingerprint density at radius 1 is 1.13 bits per heavy atom.